The predicted octanol–water partition coefficient (Wildman–Crippen LogP) is 0.660. The van der Waals surface area contributed by atoms with Crippen molar-refractivity contribution in [1.82, 2.24) is 20.4 Å². The van der Waals surface area contributed by atoms with Gasteiger partial charge in [-0.05, 0) is 32.9 Å². The lowest BCUT2D eigenvalue weighted by Crippen LogP contribution is -2.56. The van der Waals surface area contributed by atoms with Gasteiger partial charge in [-0.15, -0.1) is 0 Å². The first-order valence-corrected chi connectivity index (χ1v) is 8.06. The fraction of sp³-hybridized carbons (Fsp3) is 0.562. The molecule has 0 saturated carbocycles. The molecule has 1 aromatic rings. The van der Waals surface area contributed by atoms with Crippen molar-refractivity contribution in [2.24, 2.45) is 0 Å². The van der Waals surface area contributed by atoms with Gasteiger partial charge >= 0.3 is 6.03 Å². The van der Waals surface area contributed by atoms with Crippen LogP contribution >= 0.6 is 0 Å². The molecule has 2 heterocycles. The van der Waals surface area contributed by atoms with E-state index in [2.05, 4.69) is 10.6 Å². The first kappa shape index (κ1) is 18.0. The number of nitrogens with one attached hydrogen (secondary N) is 2. The number of hydrogen-bond acceptors (Lipinski definition) is 5. The van der Waals surface area contributed by atoms with Crippen LogP contribution in [0.4, 0.5) is 4.79 Å². The van der Waals surface area contributed by atoms with Gasteiger partial charge in [0.15, 0.2) is 5.76 Å². The van der Waals surface area contributed by atoms with E-state index >= 15 is 0 Å². The molecule has 2 rings (SSSR count). The Balaban J connectivity index is 1.81. The number of carbonyl (C=O) groups excluding carboxylic acids is 3. The highest BCUT2D eigenvalue weighted by Gasteiger charge is 2.29. The van der Waals surface area contributed by atoms with Gasteiger partial charge in [-0.1, -0.05) is 0 Å². The third-order valence-electron chi connectivity index (χ3n) is 3.92. The summed E-state index contributed by atoms with van der Waals surface area (Å²) in [5.41, 5.74) is 0. The van der Waals surface area contributed by atoms with Crippen molar-refractivity contribution in [2.45, 2.75) is 32.9 Å². The molecule has 1 aliphatic rings. The van der Waals surface area contributed by atoms with Crippen molar-refractivity contribution in [1.29, 1.82) is 0 Å². The smallest absolute Gasteiger partial charge is 0.321 e. The summed E-state index contributed by atoms with van der Waals surface area (Å²) in [6, 6.07) is 2.34. The van der Waals surface area contributed by atoms with E-state index in [1.165, 1.54) is 6.26 Å². The zero-order valence-electron chi connectivity index (χ0n) is 14.2. The number of amides is 4. The van der Waals surface area contributed by atoms with Crippen LogP contribution in [0.2, 0.25) is 0 Å². The lowest BCUT2D eigenvalue weighted by atomic mass is 10.2. The molecule has 24 heavy (non-hydrogen) atoms. The standard InChI is InChI=1S/C16H24N4O4/c1-11(2)17-16(23)18-14(21)12(3)19-6-8-20(9-7-19)15(22)13-5-4-10-24-13/h4-5,10-12H,6-9H2,1-3H3,(H2,17,18,21,23)/t12-/m1/s1. The molecular weight excluding hydrogens is 312 g/mol. The topological polar surface area (TPSA) is 94.9 Å². The van der Waals surface area contributed by atoms with Gasteiger partial charge in [0.25, 0.3) is 5.91 Å². The third kappa shape index (κ3) is 4.58. The van der Waals surface area contributed by atoms with E-state index in [4.69, 9.17) is 4.42 Å². The molecule has 1 atom stereocenters. The summed E-state index contributed by atoms with van der Waals surface area (Å²) in [5, 5.41) is 4.95. The number of hydrogen-bond donors (Lipinski definition) is 2. The van der Waals surface area contributed by atoms with E-state index in [0.29, 0.717) is 31.9 Å². The molecule has 0 unspecified atom stereocenters. The molecule has 1 aromatic heterocycles. The van der Waals surface area contributed by atoms with E-state index in [1.807, 2.05) is 18.7 Å². The predicted molar refractivity (Wildman–Crippen MR) is 87.5 cm³/mol. The van der Waals surface area contributed by atoms with Gasteiger partial charge in [0.1, 0.15) is 0 Å². The van der Waals surface area contributed by atoms with Gasteiger partial charge in [0, 0.05) is 32.2 Å². The van der Waals surface area contributed by atoms with Crippen molar-refractivity contribution >= 4 is 17.8 Å². The van der Waals surface area contributed by atoms with Crippen LogP contribution in [0, 0.1) is 0 Å². The van der Waals surface area contributed by atoms with Gasteiger partial charge in [0.05, 0.1) is 12.3 Å². The molecule has 0 aliphatic carbocycles. The second-order valence-electron chi connectivity index (χ2n) is 6.10. The number of imide groups is 1. The van der Waals surface area contributed by atoms with E-state index in [9.17, 15) is 14.4 Å². The molecule has 8 nitrogen and oxygen atoms in total. The van der Waals surface area contributed by atoms with Crippen LogP contribution in [0.5, 0.6) is 0 Å². The highest BCUT2D eigenvalue weighted by molar-refractivity contribution is 5.97. The maximum Gasteiger partial charge on any atom is 0.321 e. The molecule has 0 radical (unpaired) electrons. The Hall–Kier alpha value is -2.35. The molecule has 4 amide bonds. The fourth-order valence-corrected chi connectivity index (χ4v) is 2.55. The van der Waals surface area contributed by atoms with E-state index < -0.39 is 12.1 Å². The third-order valence-corrected chi connectivity index (χ3v) is 3.92. The number of furan rings is 1. The fourth-order valence-electron chi connectivity index (χ4n) is 2.55. The molecule has 1 aliphatic heterocycles. The van der Waals surface area contributed by atoms with Crippen LogP contribution in [-0.2, 0) is 4.79 Å². The Bertz CT molecular complexity index is 577. The minimum atomic E-state index is -0.492. The number of rotatable bonds is 4. The molecule has 132 valence electrons. The number of nitrogens with zero attached hydrogens (tertiary/aromatic N) is 2. The second kappa shape index (κ2) is 7.96. The summed E-state index contributed by atoms with van der Waals surface area (Å²) >= 11 is 0. The van der Waals surface area contributed by atoms with Crippen molar-refractivity contribution in [3.05, 3.63) is 24.2 Å². The van der Waals surface area contributed by atoms with Crippen LogP contribution in [0.3, 0.4) is 0 Å². The summed E-state index contributed by atoms with van der Waals surface area (Å²) in [6.07, 6.45) is 1.47. The molecule has 2 N–H and O–H groups in total. The zero-order valence-corrected chi connectivity index (χ0v) is 14.2. The summed E-state index contributed by atoms with van der Waals surface area (Å²) < 4.78 is 5.12. The summed E-state index contributed by atoms with van der Waals surface area (Å²) in [6.45, 7) is 7.54. The highest BCUT2D eigenvalue weighted by Crippen LogP contribution is 2.11. The van der Waals surface area contributed by atoms with Crippen LogP contribution in [0.1, 0.15) is 31.3 Å². The number of urea groups is 1. The number of carbonyl (C=O) groups is 3. The lowest BCUT2D eigenvalue weighted by molar-refractivity contribution is -0.125. The second-order valence-corrected chi connectivity index (χ2v) is 6.10. The van der Waals surface area contributed by atoms with E-state index in [0.717, 1.165) is 0 Å². The molecule has 0 aromatic carbocycles. The maximum absolute atomic E-state index is 12.2. The summed E-state index contributed by atoms with van der Waals surface area (Å²) in [4.78, 5) is 39.6. The highest BCUT2D eigenvalue weighted by atomic mass is 16.3. The SMILES string of the molecule is CC(C)NC(=O)NC(=O)[C@@H](C)N1CCN(C(=O)c2ccco2)CC1. The molecule has 1 fully saturated rings. The first-order chi connectivity index (χ1) is 11.4. The first-order valence-electron chi connectivity index (χ1n) is 8.06. The van der Waals surface area contributed by atoms with E-state index in [-0.39, 0.29) is 17.9 Å². The molecule has 8 heteroatoms. The van der Waals surface area contributed by atoms with Gasteiger partial charge in [0.2, 0.25) is 5.91 Å². The average molecular weight is 336 g/mol. The minimum absolute atomic E-state index is 0.0377. The van der Waals surface area contributed by atoms with Crippen molar-refractivity contribution in [3.63, 3.8) is 0 Å². The molecule has 1 saturated heterocycles. The van der Waals surface area contributed by atoms with Gasteiger partial charge in [-0.2, -0.15) is 0 Å². The Morgan fingerprint density at radius 1 is 1.12 bits per heavy atom. The van der Waals surface area contributed by atoms with Crippen molar-refractivity contribution in [2.75, 3.05) is 26.2 Å². The Morgan fingerprint density at radius 2 is 1.79 bits per heavy atom. The average Bonchev–Trinajstić information content (AvgIpc) is 3.07. The Morgan fingerprint density at radius 3 is 2.33 bits per heavy atom. The van der Waals surface area contributed by atoms with E-state index in [1.54, 1.807) is 24.0 Å². The van der Waals surface area contributed by atoms with Gasteiger partial charge in [-0.25, -0.2) is 4.79 Å². The van der Waals surface area contributed by atoms with Crippen LogP contribution in [0.25, 0.3) is 0 Å². The quantitative estimate of drug-likeness (QED) is 0.842. The van der Waals surface area contributed by atoms with Crippen LogP contribution in [-0.4, -0.2) is 65.9 Å². The van der Waals surface area contributed by atoms with Gasteiger partial charge < -0.3 is 14.6 Å². The molecular formula is C16H24N4O4. The normalized spacial score (nSPS) is 16.8. The Kier molecular flexibility index (Phi) is 5.97. The van der Waals surface area contributed by atoms with Crippen LogP contribution < -0.4 is 10.6 Å². The summed E-state index contributed by atoms with van der Waals surface area (Å²) in [5.74, 6) is -0.174. The zero-order chi connectivity index (χ0) is 17.7. The summed E-state index contributed by atoms with van der Waals surface area (Å²) in [7, 11) is 0. The van der Waals surface area contributed by atoms with Crippen LogP contribution in [0.15, 0.2) is 22.8 Å². The largest absolute Gasteiger partial charge is 0.459 e. The monoisotopic (exact) mass is 336 g/mol. The molecule has 0 spiro atoms. The van der Waals surface area contributed by atoms with Crippen molar-refractivity contribution in [3.8, 4) is 0 Å². The maximum atomic E-state index is 12.2. The van der Waals surface area contributed by atoms with Crippen molar-refractivity contribution < 1.29 is 18.8 Å². The Labute approximate surface area is 141 Å². The van der Waals surface area contributed by atoms with Gasteiger partial charge in [-0.3, -0.25) is 19.8 Å². The minimum Gasteiger partial charge on any atom is -0.459 e. The lowest BCUT2D eigenvalue weighted by Gasteiger charge is -2.37. The molecule has 0 bridgehead atoms. The number of piperazine rings is 1.